The third kappa shape index (κ3) is 6.09. The summed E-state index contributed by atoms with van der Waals surface area (Å²) in [5, 5.41) is 10.2. The minimum atomic E-state index is -0.942. The number of carbonyl (C=O) groups is 1. The number of hydrogen-bond donors (Lipinski definition) is 1. The molecule has 0 atom stereocenters. The summed E-state index contributed by atoms with van der Waals surface area (Å²) in [7, 11) is 0. The fraction of sp³-hybridized carbons (Fsp3) is 0.143. The Labute approximate surface area is 191 Å². The smallest absolute Gasteiger partial charge is 0.335 e. The molecule has 0 aliphatic carbocycles. The number of aryl methyl sites for hydroxylation is 2. The lowest BCUT2D eigenvalue weighted by Gasteiger charge is -2.15. The molecule has 0 unspecified atom stereocenters. The highest BCUT2D eigenvalue weighted by molar-refractivity contribution is 9.10. The van der Waals surface area contributed by atoms with E-state index in [4.69, 9.17) is 44.6 Å². The highest BCUT2D eigenvalue weighted by atomic mass is 79.9. The highest BCUT2D eigenvalue weighted by Gasteiger charge is 2.12. The van der Waals surface area contributed by atoms with Crippen LogP contribution in [0.25, 0.3) is 0 Å². The average molecular weight is 516 g/mol. The number of aromatic carboxylic acids is 1. The molecule has 4 nitrogen and oxygen atoms in total. The van der Waals surface area contributed by atoms with Crippen molar-refractivity contribution in [3.05, 3.63) is 90.6 Å². The number of ether oxygens (including phenoxy) is 1. The van der Waals surface area contributed by atoms with E-state index < -0.39 is 5.97 Å². The second-order valence-corrected chi connectivity index (χ2v) is 8.35. The predicted molar refractivity (Wildman–Crippen MR) is 119 cm³/mol. The first-order chi connectivity index (χ1) is 13.8. The van der Waals surface area contributed by atoms with E-state index in [-0.39, 0.29) is 12.2 Å². The molecule has 0 aliphatic rings. The van der Waals surface area contributed by atoms with Gasteiger partial charge in [-0.2, -0.15) is 0 Å². The summed E-state index contributed by atoms with van der Waals surface area (Å²) >= 11 is 21.6. The first-order valence-electron chi connectivity index (χ1n) is 8.57. The van der Waals surface area contributed by atoms with E-state index in [1.165, 1.54) is 0 Å². The molecule has 0 saturated heterocycles. The Hall–Kier alpha value is -1.79. The Morgan fingerprint density at radius 2 is 1.62 bits per heavy atom. The Balaban J connectivity index is 1.76. The van der Waals surface area contributed by atoms with Crippen LogP contribution < -0.4 is 4.74 Å². The summed E-state index contributed by atoms with van der Waals surface area (Å²) < 4.78 is 6.77. The maximum Gasteiger partial charge on any atom is 0.335 e. The summed E-state index contributed by atoms with van der Waals surface area (Å²) in [5.74, 6) is -0.261. The van der Waals surface area contributed by atoms with Crippen molar-refractivity contribution >= 4 is 56.7 Å². The van der Waals surface area contributed by atoms with Crippen LogP contribution in [0.5, 0.6) is 5.75 Å². The quantitative estimate of drug-likeness (QED) is 0.349. The number of halogens is 4. The van der Waals surface area contributed by atoms with Gasteiger partial charge in [-0.1, -0.05) is 46.9 Å². The molecule has 1 N–H and O–H groups in total. The second-order valence-electron chi connectivity index (χ2n) is 6.29. The zero-order chi connectivity index (χ0) is 21.0. The molecule has 0 radical (unpaired) electrons. The lowest BCUT2D eigenvalue weighted by molar-refractivity contribution is 0.0697. The van der Waals surface area contributed by atoms with Crippen molar-refractivity contribution in [1.29, 1.82) is 0 Å². The molecule has 8 heteroatoms. The van der Waals surface area contributed by atoms with E-state index in [0.29, 0.717) is 33.9 Å². The van der Waals surface area contributed by atoms with Gasteiger partial charge in [-0.05, 0) is 81.9 Å². The summed E-state index contributed by atoms with van der Waals surface area (Å²) in [6.07, 6.45) is 1.37. The van der Waals surface area contributed by atoms with E-state index in [1.54, 1.807) is 30.3 Å². The van der Waals surface area contributed by atoms with Crippen LogP contribution >= 0.6 is 50.7 Å². The molecule has 0 aliphatic heterocycles. The molecule has 1 heterocycles. The molecule has 29 heavy (non-hydrogen) atoms. The Morgan fingerprint density at radius 3 is 2.24 bits per heavy atom. The lowest BCUT2D eigenvalue weighted by atomic mass is 10.0. The highest BCUT2D eigenvalue weighted by Crippen LogP contribution is 2.34. The molecule has 0 bridgehead atoms. The van der Waals surface area contributed by atoms with Crippen LogP contribution in [0.4, 0.5) is 0 Å². The van der Waals surface area contributed by atoms with Gasteiger partial charge in [-0.3, -0.25) is 0 Å². The minimum Gasteiger partial charge on any atom is -0.487 e. The summed E-state index contributed by atoms with van der Waals surface area (Å²) in [5.41, 5.74) is 3.01. The van der Waals surface area contributed by atoms with Crippen LogP contribution in [0.2, 0.25) is 15.3 Å². The van der Waals surface area contributed by atoms with Crippen LogP contribution in [0.3, 0.4) is 0 Å². The normalized spacial score (nSPS) is 10.8. The lowest BCUT2D eigenvalue weighted by Crippen LogP contribution is -2.02. The van der Waals surface area contributed by atoms with Gasteiger partial charge in [-0.15, -0.1) is 0 Å². The van der Waals surface area contributed by atoms with Gasteiger partial charge in [0.1, 0.15) is 22.7 Å². The van der Waals surface area contributed by atoms with Crippen LogP contribution in [-0.2, 0) is 19.4 Å². The van der Waals surface area contributed by atoms with Crippen molar-refractivity contribution in [1.82, 2.24) is 4.98 Å². The van der Waals surface area contributed by atoms with Crippen molar-refractivity contribution < 1.29 is 14.6 Å². The number of carboxylic acid groups (broad SMARTS) is 1. The fourth-order valence-electron chi connectivity index (χ4n) is 2.81. The van der Waals surface area contributed by atoms with Crippen LogP contribution in [0.15, 0.2) is 53.0 Å². The SMILES string of the molecule is O=C(O)c1ccc(CCc2cc(Cl)cc(Br)c2OCc2cc(Cl)nc(Cl)c2)cc1. The third-order valence-corrected chi connectivity index (χ3v) is 5.37. The standard InChI is InChI=1S/C21H15BrCl3NO3/c22-17-10-16(23)9-15(6-3-12-1-4-14(5-2-12)21(27)28)20(17)29-11-13-7-18(24)26-19(25)8-13/h1-2,4-5,7-10H,3,6,11H2,(H,27,28). The maximum atomic E-state index is 11.0. The number of carboxylic acids is 1. The number of pyridine rings is 1. The number of rotatable bonds is 7. The summed E-state index contributed by atoms with van der Waals surface area (Å²) in [4.78, 5) is 14.9. The zero-order valence-electron chi connectivity index (χ0n) is 15.0. The topological polar surface area (TPSA) is 59.4 Å². The van der Waals surface area contributed by atoms with Gasteiger partial charge >= 0.3 is 5.97 Å². The van der Waals surface area contributed by atoms with Crippen molar-refractivity contribution in [2.75, 3.05) is 0 Å². The van der Waals surface area contributed by atoms with Crippen LogP contribution in [0.1, 0.15) is 27.0 Å². The number of nitrogens with zero attached hydrogens (tertiary/aromatic N) is 1. The molecular weight excluding hydrogens is 500 g/mol. The maximum absolute atomic E-state index is 11.0. The average Bonchev–Trinajstić information content (AvgIpc) is 2.65. The third-order valence-electron chi connectivity index (χ3n) is 4.17. The minimum absolute atomic E-state index is 0.262. The Bertz CT molecular complexity index is 1020. The van der Waals surface area contributed by atoms with Crippen LogP contribution in [0, 0.1) is 0 Å². The number of hydrogen-bond acceptors (Lipinski definition) is 3. The van der Waals surface area contributed by atoms with Crippen molar-refractivity contribution in [3.8, 4) is 5.75 Å². The second kappa shape index (κ2) is 9.81. The molecule has 2 aromatic carbocycles. The Morgan fingerprint density at radius 1 is 0.966 bits per heavy atom. The van der Waals surface area contributed by atoms with Gasteiger partial charge < -0.3 is 9.84 Å². The van der Waals surface area contributed by atoms with E-state index in [0.717, 1.165) is 21.2 Å². The molecule has 0 fully saturated rings. The van der Waals surface area contributed by atoms with Gasteiger partial charge in [0.2, 0.25) is 0 Å². The van der Waals surface area contributed by atoms with E-state index >= 15 is 0 Å². The first-order valence-corrected chi connectivity index (χ1v) is 10.5. The molecule has 3 rings (SSSR count). The van der Waals surface area contributed by atoms with Crippen molar-refractivity contribution in [2.24, 2.45) is 0 Å². The van der Waals surface area contributed by atoms with Crippen LogP contribution in [-0.4, -0.2) is 16.1 Å². The molecule has 150 valence electrons. The summed E-state index contributed by atoms with van der Waals surface area (Å²) in [6, 6.07) is 13.8. The molecule has 0 saturated carbocycles. The monoisotopic (exact) mass is 513 g/mol. The number of aromatic nitrogens is 1. The van der Waals surface area contributed by atoms with E-state index in [9.17, 15) is 4.79 Å². The van der Waals surface area contributed by atoms with Gasteiger partial charge in [0.15, 0.2) is 0 Å². The molecular formula is C21H15BrCl3NO3. The first kappa shape index (κ1) is 21.9. The van der Waals surface area contributed by atoms with Gasteiger partial charge in [-0.25, -0.2) is 9.78 Å². The van der Waals surface area contributed by atoms with Gasteiger partial charge in [0.05, 0.1) is 10.0 Å². The molecule has 0 amide bonds. The van der Waals surface area contributed by atoms with Crippen molar-refractivity contribution in [3.63, 3.8) is 0 Å². The summed E-state index contributed by atoms with van der Waals surface area (Å²) in [6.45, 7) is 0.266. The Kier molecular flexibility index (Phi) is 7.41. The molecule has 1 aromatic heterocycles. The van der Waals surface area contributed by atoms with E-state index in [1.807, 2.05) is 18.2 Å². The van der Waals surface area contributed by atoms with Crippen molar-refractivity contribution in [2.45, 2.75) is 19.4 Å². The number of benzene rings is 2. The fourth-order valence-corrected chi connectivity index (χ4v) is 4.30. The molecule has 3 aromatic rings. The van der Waals surface area contributed by atoms with Gasteiger partial charge in [0, 0.05) is 5.02 Å². The zero-order valence-corrected chi connectivity index (χ0v) is 18.8. The predicted octanol–water partition coefficient (Wildman–Crippen LogP) is 6.87. The molecule has 0 spiro atoms. The van der Waals surface area contributed by atoms with E-state index in [2.05, 4.69) is 20.9 Å². The van der Waals surface area contributed by atoms with Gasteiger partial charge in [0.25, 0.3) is 0 Å². The largest absolute Gasteiger partial charge is 0.487 e.